The van der Waals surface area contributed by atoms with Gasteiger partial charge in [0.2, 0.25) is 0 Å². The Bertz CT molecular complexity index is 319. The number of benzene rings is 1. The van der Waals surface area contributed by atoms with E-state index in [9.17, 15) is 0 Å². The normalized spacial score (nSPS) is 24.9. The topological polar surface area (TPSA) is 12.0 Å². The lowest BCUT2D eigenvalue weighted by atomic mass is 9.79. The van der Waals surface area contributed by atoms with E-state index in [1.807, 2.05) is 0 Å². The van der Waals surface area contributed by atoms with Gasteiger partial charge in [-0.3, -0.25) is 0 Å². The van der Waals surface area contributed by atoms with E-state index >= 15 is 0 Å². The van der Waals surface area contributed by atoms with E-state index in [-0.39, 0.29) is 0 Å². The second-order valence-electron chi connectivity index (χ2n) is 4.52. The van der Waals surface area contributed by atoms with Crippen LogP contribution in [0.3, 0.4) is 0 Å². The van der Waals surface area contributed by atoms with Crippen LogP contribution in [0, 0.1) is 5.92 Å². The first-order valence-electron chi connectivity index (χ1n) is 6.16. The molecule has 1 nitrogen and oxygen atoms in total. The van der Waals surface area contributed by atoms with Gasteiger partial charge in [0.25, 0.3) is 0 Å². The van der Waals surface area contributed by atoms with Crippen molar-refractivity contribution in [2.24, 2.45) is 5.92 Å². The lowest BCUT2D eigenvalue weighted by molar-refractivity contribution is 0.356. The van der Waals surface area contributed by atoms with Gasteiger partial charge in [0.05, 0.1) is 0 Å². The highest BCUT2D eigenvalue weighted by molar-refractivity contribution is 5.32. The number of nitrogens with one attached hydrogen (secondary N) is 1. The molecule has 0 spiro atoms. The van der Waals surface area contributed by atoms with Crippen LogP contribution >= 0.6 is 0 Å². The molecule has 0 aromatic heterocycles. The quantitative estimate of drug-likeness (QED) is 0.794. The molecule has 0 aliphatic heterocycles. The zero-order valence-electron chi connectivity index (χ0n) is 9.79. The molecule has 1 aromatic carbocycles. The number of fused-ring (bicyclic) bond motifs is 1. The lowest BCUT2D eigenvalue weighted by Crippen LogP contribution is -2.28. The van der Waals surface area contributed by atoms with Crippen LogP contribution < -0.4 is 5.32 Å². The van der Waals surface area contributed by atoms with Crippen LogP contribution in [0.5, 0.6) is 0 Å². The van der Waals surface area contributed by atoms with Crippen molar-refractivity contribution in [3.05, 3.63) is 35.4 Å². The van der Waals surface area contributed by atoms with Crippen LogP contribution in [0.1, 0.15) is 43.9 Å². The second-order valence-corrected chi connectivity index (χ2v) is 4.52. The molecule has 1 heteroatoms. The maximum Gasteiger partial charge on any atom is 0.0325 e. The fourth-order valence-electron chi connectivity index (χ4n) is 2.67. The van der Waals surface area contributed by atoms with Crippen molar-refractivity contribution >= 4 is 0 Å². The molecule has 2 rings (SSSR count). The minimum Gasteiger partial charge on any atom is -0.310 e. The molecule has 0 heterocycles. The average molecular weight is 203 g/mol. The van der Waals surface area contributed by atoms with Crippen LogP contribution in [0.4, 0.5) is 0 Å². The number of hydrogen-bond donors (Lipinski definition) is 1. The van der Waals surface area contributed by atoms with Crippen molar-refractivity contribution in [1.29, 1.82) is 0 Å². The molecule has 1 aromatic rings. The molecule has 0 fully saturated rings. The molecular weight excluding hydrogens is 182 g/mol. The summed E-state index contributed by atoms with van der Waals surface area (Å²) in [5, 5.41) is 3.60. The molecule has 0 saturated carbocycles. The van der Waals surface area contributed by atoms with Gasteiger partial charge >= 0.3 is 0 Å². The lowest BCUT2D eigenvalue weighted by Gasteiger charge is -2.31. The number of rotatable bonds is 3. The monoisotopic (exact) mass is 203 g/mol. The van der Waals surface area contributed by atoms with Gasteiger partial charge in [-0.05, 0) is 36.4 Å². The van der Waals surface area contributed by atoms with Crippen molar-refractivity contribution in [2.45, 2.75) is 39.2 Å². The van der Waals surface area contributed by atoms with Crippen molar-refractivity contribution < 1.29 is 0 Å². The Balaban J connectivity index is 2.25. The molecule has 0 amide bonds. The van der Waals surface area contributed by atoms with Gasteiger partial charge in [-0.2, -0.15) is 0 Å². The Hall–Kier alpha value is -0.820. The molecule has 0 bridgehead atoms. The zero-order chi connectivity index (χ0) is 10.7. The van der Waals surface area contributed by atoms with E-state index in [0.29, 0.717) is 6.04 Å². The van der Waals surface area contributed by atoms with E-state index in [1.54, 1.807) is 5.56 Å². The van der Waals surface area contributed by atoms with Gasteiger partial charge < -0.3 is 5.32 Å². The second kappa shape index (κ2) is 4.80. The largest absolute Gasteiger partial charge is 0.310 e. The Morgan fingerprint density at radius 1 is 1.27 bits per heavy atom. The summed E-state index contributed by atoms with van der Waals surface area (Å²) in [6.45, 7) is 5.56. The highest BCUT2D eigenvalue weighted by Crippen LogP contribution is 2.34. The standard InChI is InChI=1S/C14H21N/c1-3-11-9-12-7-5-6-8-13(12)14(10-11)15-4-2/h5-8,11,14-15H,3-4,9-10H2,1-2H3. The van der Waals surface area contributed by atoms with Crippen molar-refractivity contribution in [1.82, 2.24) is 5.32 Å². The van der Waals surface area contributed by atoms with E-state index in [4.69, 9.17) is 0 Å². The predicted molar refractivity (Wildman–Crippen MR) is 65.0 cm³/mol. The Labute approximate surface area is 92.9 Å². The smallest absolute Gasteiger partial charge is 0.0325 e. The minimum atomic E-state index is 0.588. The zero-order valence-corrected chi connectivity index (χ0v) is 9.79. The fourth-order valence-corrected chi connectivity index (χ4v) is 2.67. The molecule has 1 N–H and O–H groups in total. The summed E-state index contributed by atoms with van der Waals surface area (Å²) in [7, 11) is 0. The van der Waals surface area contributed by atoms with Crippen molar-refractivity contribution in [3.63, 3.8) is 0 Å². The van der Waals surface area contributed by atoms with Crippen molar-refractivity contribution in [2.75, 3.05) is 6.54 Å². The molecule has 15 heavy (non-hydrogen) atoms. The molecule has 2 atom stereocenters. The SMILES string of the molecule is CCNC1CC(CC)Cc2ccccc21. The first-order valence-corrected chi connectivity index (χ1v) is 6.16. The summed E-state index contributed by atoms with van der Waals surface area (Å²) >= 11 is 0. The Morgan fingerprint density at radius 2 is 2.07 bits per heavy atom. The fraction of sp³-hybridized carbons (Fsp3) is 0.571. The van der Waals surface area contributed by atoms with E-state index in [2.05, 4.69) is 43.4 Å². The number of hydrogen-bond acceptors (Lipinski definition) is 1. The molecule has 2 unspecified atom stereocenters. The maximum absolute atomic E-state index is 3.60. The third-order valence-electron chi connectivity index (χ3n) is 3.54. The molecular formula is C14H21N. The molecule has 82 valence electrons. The van der Waals surface area contributed by atoms with Gasteiger partial charge in [-0.1, -0.05) is 44.5 Å². The van der Waals surface area contributed by atoms with Gasteiger partial charge in [0, 0.05) is 6.04 Å². The summed E-state index contributed by atoms with van der Waals surface area (Å²) < 4.78 is 0. The highest BCUT2D eigenvalue weighted by atomic mass is 14.9. The maximum atomic E-state index is 3.60. The third-order valence-corrected chi connectivity index (χ3v) is 3.54. The van der Waals surface area contributed by atoms with Crippen molar-refractivity contribution in [3.8, 4) is 0 Å². The minimum absolute atomic E-state index is 0.588. The van der Waals surface area contributed by atoms with Crippen LogP contribution in [0.25, 0.3) is 0 Å². The molecule has 0 radical (unpaired) electrons. The molecule has 1 aliphatic rings. The van der Waals surface area contributed by atoms with Crippen LogP contribution in [0.2, 0.25) is 0 Å². The van der Waals surface area contributed by atoms with Gasteiger partial charge in [0.15, 0.2) is 0 Å². The Kier molecular flexibility index (Phi) is 3.42. The van der Waals surface area contributed by atoms with Gasteiger partial charge in [0.1, 0.15) is 0 Å². The van der Waals surface area contributed by atoms with Crippen LogP contribution in [-0.2, 0) is 6.42 Å². The Morgan fingerprint density at radius 3 is 2.80 bits per heavy atom. The molecule has 1 aliphatic carbocycles. The van der Waals surface area contributed by atoms with Crippen LogP contribution in [-0.4, -0.2) is 6.54 Å². The molecule has 0 saturated heterocycles. The summed E-state index contributed by atoms with van der Waals surface area (Å²) in [5.74, 6) is 0.865. The summed E-state index contributed by atoms with van der Waals surface area (Å²) in [6.07, 6.45) is 3.88. The van der Waals surface area contributed by atoms with Crippen LogP contribution in [0.15, 0.2) is 24.3 Å². The van der Waals surface area contributed by atoms with E-state index < -0.39 is 0 Å². The van der Waals surface area contributed by atoms with Gasteiger partial charge in [-0.15, -0.1) is 0 Å². The predicted octanol–water partition coefficient (Wildman–Crippen LogP) is 3.31. The average Bonchev–Trinajstić information content (AvgIpc) is 2.29. The summed E-state index contributed by atoms with van der Waals surface area (Å²) in [6, 6.07) is 9.50. The van der Waals surface area contributed by atoms with Gasteiger partial charge in [-0.25, -0.2) is 0 Å². The third kappa shape index (κ3) is 2.23. The summed E-state index contributed by atoms with van der Waals surface area (Å²) in [5.41, 5.74) is 3.09. The first kappa shape index (κ1) is 10.7. The van der Waals surface area contributed by atoms with E-state index in [0.717, 1.165) is 12.5 Å². The summed E-state index contributed by atoms with van der Waals surface area (Å²) in [4.78, 5) is 0. The van der Waals surface area contributed by atoms with E-state index in [1.165, 1.54) is 24.8 Å². The highest BCUT2D eigenvalue weighted by Gasteiger charge is 2.24. The first-order chi connectivity index (χ1) is 7.35.